The van der Waals surface area contributed by atoms with Crippen molar-refractivity contribution in [2.75, 3.05) is 24.4 Å². The van der Waals surface area contributed by atoms with E-state index in [4.69, 9.17) is 0 Å². The quantitative estimate of drug-likeness (QED) is 0.831. The first-order valence-electron chi connectivity index (χ1n) is 6.68. The summed E-state index contributed by atoms with van der Waals surface area (Å²) in [6, 6.07) is 3.53. The minimum atomic E-state index is -3.62. The summed E-state index contributed by atoms with van der Waals surface area (Å²) in [4.78, 5) is -0.159. The summed E-state index contributed by atoms with van der Waals surface area (Å²) >= 11 is 0. The molecule has 0 aromatic heterocycles. The van der Waals surface area contributed by atoms with Gasteiger partial charge in [0.1, 0.15) is 0 Å². The van der Waals surface area contributed by atoms with Crippen molar-refractivity contribution in [1.82, 2.24) is 0 Å². The van der Waals surface area contributed by atoms with Crippen LogP contribution in [-0.4, -0.2) is 47.1 Å². The molecule has 0 aliphatic heterocycles. The monoisotopic (exact) mass is 349 g/mol. The molecule has 0 spiro atoms. The van der Waals surface area contributed by atoms with E-state index in [1.54, 1.807) is 0 Å². The van der Waals surface area contributed by atoms with Crippen molar-refractivity contribution < 1.29 is 21.9 Å². The molecule has 1 aromatic carbocycles. The molecule has 0 fully saturated rings. The Labute approximate surface area is 132 Å². The van der Waals surface area contributed by atoms with Crippen LogP contribution in [0.1, 0.15) is 20.8 Å². The second kappa shape index (κ2) is 6.17. The molecule has 0 aliphatic carbocycles. The second-order valence-corrected chi connectivity index (χ2v) is 10.4. The van der Waals surface area contributed by atoms with Gasteiger partial charge in [0.05, 0.1) is 28.1 Å². The Hall–Kier alpha value is -1.12. The molecule has 0 saturated heterocycles. The number of benzene rings is 1. The van der Waals surface area contributed by atoms with E-state index < -0.39 is 19.7 Å². The lowest BCUT2D eigenvalue weighted by atomic mass is 9.87. The fraction of sp³-hybridized carbons (Fsp3) is 0.571. The van der Waals surface area contributed by atoms with E-state index in [9.17, 15) is 21.9 Å². The van der Waals surface area contributed by atoms with Gasteiger partial charge in [-0.2, -0.15) is 0 Å². The second-order valence-electron chi connectivity index (χ2n) is 6.45. The van der Waals surface area contributed by atoms with Crippen LogP contribution in [0.3, 0.4) is 0 Å². The smallest absolute Gasteiger partial charge is 0.177 e. The van der Waals surface area contributed by atoms with Gasteiger partial charge in [-0.1, -0.05) is 20.8 Å². The lowest BCUT2D eigenvalue weighted by molar-refractivity contribution is 0.201. The molecule has 0 saturated carbocycles. The maximum absolute atomic E-state index is 12.0. The van der Waals surface area contributed by atoms with Gasteiger partial charge in [-0.3, -0.25) is 0 Å². The van der Waals surface area contributed by atoms with Gasteiger partial charge in [0.25, 0.3) is 0 Å². The van der Waals surface area contributed by atoms with E-state index in [1.165, 1.54) is 12.1 Å². The third-order valence-corrected chi connectivity index (χ3v) is 5.59. The molecule has 0 radical (unpaired) electrons. The van der Waals surface area contributed by atoms with E-state index in [1.807, 2.05) is 20.8 Å². The lowest BCUT2D eigenvalue weighted by Gasteiger charge is -2.31. The van der Waals surface area contributed by atoms with Crippen LogP contribution < -0.4 is 5.32 Å². The highest BCUT2D eigenvalue weighted by Gasteiger charge is 2.26. The molecule has 0 bridgehead atoms. The van der Waals surface area contributed by atoms with Crippen molar-refractivity contribution in [2.45, 2.75) is 36.6 Å². The Bertz CT molecular complexity index is 746. The van der Waals surface area contributed by atoms with E-state index in [2.05, 4.69) is 5.32 Å². The molecule has 8 heteroatoms. The first-order chi connectivity index (χ1) is 9.76. The maximum atomic E-state index is 12.0. The summed E-state index contributed by atoms with van der Waals surface area (Å²) in [7, 11) is -7.13. The number of nitrogens with one attached hydrogen (secondary N) is 1. The number of hydrogen-bond acceptors (Lipinski definition) is 6. The molecule has 1 aromatic rings. The average molecular weight is 349 g/mol. The molecule has 6 nitrogen and oxygen atoms in total. The normalized spacial score (nSPS) is 14.6. The standard InChI is InChI=1S/C14H23NO5S2/c1-14(2,3)13(9-16)15-11-7-6-10(21(4,17)18)8-12(11)22(5,19)20/h6-8,13,15-16H,9H2,1-5H3/t13-/m1/s1. The summed E-state index contributed by atoms with van der Waals surface area (Å²) in [5.41, 5.74) is -0.0252. The highest BCUT2D eigenvalue weighted by atomic mass is 32.2. The van der Waals surface area contributed by atoms with E-state index in [-0.39, 0.29) is 33.5 Å². The number of hydrogen-bond donors (Lipinski definition) is 2. The third kappa shape index (κ3) is 4.69. The molecule has 0 heterocycles. The molecule has 0 amide bonds. The Morgan fingerprint density at radius 2 is 1.64 bits per heavy atom. The molecule has 2 N–H and O–H groups in total. The molecule has 0 unspecified atom stereocenters. The van der Waals surface area contributed by atoms with E-state index >= 15 is 0 Å². The maximum Gasteiger partial charge on any atom is 0.177 e. The summed E-state index contributed by atoms with van der Waals surface area (Å²) in [6.45, 7) is 5.55. The predicted molar refractivity (Wildman–Crippen MR) is 86.6 cm³/mol. The largest absolute Gasteiger partial charge is 0.394 e. The van der Waals surface area contributed by atoms with Gasteiger partial charge in [0.15, 0.2) is 19.7 Å². The molecule has 0 aliphatic rings. The van der Waals surface area contributed by atoms with Crippen LogP contribution in [0, 0.1) is 5.41 Å². The van der Waals surface area contributed by atoms with E-state index in [0.29, 0.717) is 0 Å². The van der Waals surface area contributed by atoms with Crippen LogP contribution >= 0.6 is 0 Å². The third-order valence-electron chi connectivity index (χ3n) is 3.34. The highest BCUT2D eigenvalue weighted by Crippen LogP contribution is 2.29. The molecule has 126 valence electrons. The van der Waals surface area contributed by atoms with Crippen molar-refractivity contribution in [3.05, 3.63) is 18.2 Å². The number of sulfone groups is 2. The van der Waals surface area contributed by atoms with Gasteiger partial charge in [0.2, 0.25) is 0 Å². The Kier molecular flexibility index (Phi) is 5.31. The predicted octanol–water partition coefficient (Wildman–Crippen LogP) is 1.31. The summed E-state index contributed by atoms with van der Waals surface area (Å²) < 4.78 is 47.1. The molecular formula is C14H23NO5S2. The van der Waals surface area contributed by atoms with Crippen molar-refractivity contribution in [2.24, 2.45) is 5.41 Å². The lowest BCUT2D eigenvalue weighted by Crippen LogP contribution is -2.37. The SMILES string of the molecule is CC(C)(C)[C@@H](CO)Nc1ccc(S(C)(=O)=O)cc1S(C)(=O)=O. The van der Waals surface area contributed by atoms with Gasteiger partial charge in [-0.05, 0) is 23.6 Å². The molecule has 22 heavy (non-hydrogen) atoms. The fourth-order valence-corrected chi connectivity index (χ4v) is 3.47. The van der Waals surface area contributed by atoms with E-state index in [0.717, 1.165) is 18.6 Å². The van der Waals surface area contributed by atoms with Gasteiger partial charge < -0.3 is 10.4 Å². The summed E-state index contributed by atoms with van der Waals surface area (Å²) in [5, 5.41) is 12.5. The molecule has 1 atom stereocenters. The van der Waals surface area contributed by atoms with Crippen molar-refractivity contribution in [3.8, 4) is 0 Å². The first kappa shape index (κ1) is 18.9. The fourth-order valence-electron chi connectivity index (χ4n) is 1.88. The van der Waals surface area contributed by atoms with Crippen LogP contribution in [0.25, 0.3) is 0 Å². The number of anilines is 1. The summed E-state index contributed by atoms with van der Waals surface area (Å²) in [6.07, 6.45) is 2.04. The number of rotatable bonds is 5. The number of aliphatic hydroxyl groups excluding tert-OH is 1. The van der Waals surface area contributed by atoms with Crippen LogP contribution in [0.4, 0.5) is 5.69 Å². The number of aliphatic hydroxyl groups is 1. The Balaban J connectivity index is 3.44. The topological polar surface area (TPSA) is 101 Å². The van der Waals surface area contributed by atoms with Crippen molar-refractivity contribution in [3.63, 3.8) is 0 Å². The minimum Gasteiger partial charge on any atom is -0.394 e. The van der Waals surface area contributed by atoms with Gasteiger partial charge in [0, 0.05) is 12.5 Å². The van der Waals surface area contributed by atoms with Crippen molar-refractivity contribution >= 4 is 25.4 Å². The Morgan fingerprint density at radius 1 is 1.09 bits per heavy atom. The zero-order chi connectivity index (χ0) is 17.3. The zero-order valence-electron chi connectivity index (χ0n) is 13.4. The van der Waals surface area contributed by atoms with Crippen LogP contribution in [-0.2, 0) is 19.7 Å². The van der Waals surface area contributed by atoms with Crippen molar-refractivity contribution in [1.29, 1.82) is 0 Å². The molecular weight excluding hydrogens is 326 g/mol. The van der Waals surface area contributed by atoms with Gasteiger partial charge >= 0.3 is 0 Å². The van der Waals surface area contributed by atoms with Crippen LogP contribution in [0.2, 0.25) is 0 Å². The first-order valence-corrected chi connectivity index (χ1v) is 10.5. The van der Waals surface area contributed by atoms with Gasteiger partial charge in [-0.15, -0.1) is 0 Å². The van der Waals surface area contributed by atoms with Crippen LogP contribution in [0.15, 0.2) is 28.0 Å². The van der Waals surface area contributed by atoms with Crippen LogP contribution in [0.5, 0.6) is 0 Å². The summed E-state index contributed by atoms with van der Waals surface area (Å²) in [5.74, 6) is 0. The average Bonchev–Trinajstić information content (AvgIpc) is 2.32. The molecule has 1 rings (SSSR count). The minimum absolute atomic E-state index is 0.0604. The zero-order valence-corrected chi connectivity index (χ0v) is 15.0. The Morgan fingerprint density at radius 3 is 2.00 bits per heavy atom. The highest BCUT2D eigenvalue weighted by molar-refractivity contribution is 7.91. The van der Waals surface area contributed by atoms with Gasteiger partial charge in [-0.25, -0.2) is 16.8 Å².